The van der Waals surface area contributed by atoms with Gasteiger partial charge in [-0.25, -0.2) is 0 Å². The van der Waals surface area contributed by atoms with Gasteiger partial charge in [0.05, 0.1) is 0 Å². The van der Waals surface area contributed by atoms with Crippen molar-refractivity contribution < 1.29 is 4.74 Å². The molecule has 2 heteroatoms. The lowest BCUT2D eigenvalue weighted by atomic mass is 10.0. The lowest BCUT2D eigenvalue weighted by molar-refractivity contribution is 0.0663. The van der Waals surface area contributed by atoms with E-state index in [4.69, 9.17) is 4.74 Å². The van der Waals surface area contributed by atoms with Gasteiger partial charge in [0.2, 0.25) is 0 Å². The molecular formula is C11H21NO. The second-order valence-corrected chi connectivity index (χ2v) is 3.69. The summed E-state index contributed by atoms with van der Waals surface area (Å²) < 4.78 is 5.30. The molecule has 13 heavy (non-hydrogen) atoms. The molecule has 0 saturated carbocycles. The maximum absolute atomic E-state index is 5.30. The Labute approximate surface area is 81.4 Å². The molecule has 0 bridgehead atoms. The molecule has 0 spiro atoms. The van der Waals surface area contributed by atoms with Crippen molar-refractivity contribution >= 4 is 0 Å². The van der Waals surface area contributed by atoms with Gasteiger partial charge in [-0.3, -0.25) is 0 Å². The maximum atomic E-state index is 5.30. The van der Waals surface area contributed by atoms with Gasteiger partial charge in [-0.2, -0.15) is 0 Å². The van der Waals surface area contributed by atoms with Gasteiger partial charge in [0.25, 0.3) is 0 Å². The summed E-state index contributed by atoms with van der Waals surface area (Å²) in [6.45, 7) is 7.91. The minimum Gasteiger partial charge on any atom is -0.381 e. The van der Waals surface area contributed by atoms with Crippen molar-refractivity contribution in [1.82, 2.24) is 5.32 Å². The highest BCUT2D eigenvalue weighted by atomic mass is 16.5. The van der Waals surface area contributed by atoms with Gasteiger partial charge >= 0.3 is 0 Å². The van der Waals surface area contributed by atoms with Crippen molar-refractivity contribution in [3.05, 3.63) is 12.7 Å². The molecule has 1 aliphatic heterocycles. The monoisotopic (exact) mass is 183 g/mol. The van der Waals surface area contributed by atoms with Crippen LogP contribution in [0.1, 0.15) is 25.7 Å². The average molecular weight is 183 g/mol. The van der Waals surface area contributed by atoms with Gasteiger partial charge in [-0.05, 0) is 44.7 Å². The SMILES string of the molecule is C=CCCCNCC1CCOCC1. The molecule has 0 aromatic heterocycles. The van der Waals surface area contributed by atoms with Crippen LogP contribution < -0.4 is 5.32 Å². The molecule has 2 nitrogen and oxygen atoms in total. The molecule has 1 aliphatic rings. The summed E-state index contributed by atoms with van der Waals surface area (Å²) in [6.07, 6.45) is 6.78. The van der Waals surface area contributed by atoms with Crippen molar-refractivity contribution in [3.63, 3.8) is 0 Å². The van der Waals surface area contributed by atoms with Crippen LogP contribution >= 0.6 is 0 Å². The van der Waals surface area contributed by atoms with Gasteiger partial charge in [-0.1, -0.05) is 6.08 Å². The number of allylic oxidation sites excluding steroid dienone is 1. The molecular weight excluding hydrogens is 162 g/mol. The number of unbranched alkanes of at least 4 members (excludes halogenated alkanes) is 1. The summed E-state index contributed by atoms with van der Waals surface area (Å²) in [4.78, 5) is 0. The number of hydrogen-bond donors (Lipinski definition) is 1. The highest BCUT2D eigenvalue weighted by Gasteiger charge is 2.12. The topological polar surface area (TPSA) is 21.3 Å². The standard InChI is InChI=1S/C11H21NO/c1-2-3-4-7-12-10-11-5-8-13-9-6-11/h2,11-12H,1,3-10H2. The predicted octanol–water partition coefficient (Wildman–Crippen LogP) is 1.97. The molecule has 0 aromatic carbocycles. The second-order valence-electron chi connectivity index (χ2n) is 3.69. The first-order valence-electron chi connectivity index (χ1n) is 5.33. The van der Waals surface area contributed by atoms with Crippen LogP contribution in [0.5, 0.6) is 0 Å². The van der Waals surface area contributed by atoms with E-state index in [0.29, 0.717) is 0 Å². The third-order valence-corrected chi connectivity index (χ3v) is 2.54. The van der Waals surface area contributed by atoms with Gasteiger partial charge < -0.3 is 10.1 Å². The third kappa shape index (κ3) is 5.06. The Hall–Kier alpha value is -0.340. The fourth-order valence-corrected chi connectivity index (χ4v) is 1.63. The quantitative estimate of drug-likeness (QED) is 0.502. The van der Waals surface area contributed by atoms with Crippen LogP contribution in [0.25, 0.3) is 0 Å². The van der Waals surface area contributed by atoms with E-state index >= 15 is 0 Å². The van der Waals surface area contributed by atoms with Crippen molar-refractivity contribution in [3.8, 4) is 0 Å². The molecule has 0 aromatic rings. The molecule has 0 aliphatic carbocycles. The minimum absolute atomic E-state index is 0.845. The number of nitrogens with one attached hydrogen (secondary N) is 1. The fourth-order valence-electron chi connectivity index (χ4n) is 1.63. The van der Waals surface area contributed by atoms with Crippen LogP contribution in [0.15, 0.2) is 12.7 Å². The first-order chi connectivity index (χ1) is 6.43. The van der Waals surface area contributed by atoms with E-state index in [1.54, 1.807) is 0 Å². The van der Waals surface area contributed by atoms with E-state index in [-0.39, 0.29) is 0 Å². The zero-order valence-corrected chi connectivity index (χ0v) is 8.43. The molecule has 0 amide bonds. The normalized spacial score (nSPS) is 18.8. The maximum Gasteiger partial charge on any atom is 0.0469 e. The zero-order valence-electron chi connectivity index (χ0n) is 8.43. The summed E-state index contributed by atoms with van der Waals surface area (Å²) in [5.41, 5.74) is 0. The largest absolute Gasteiger partial charge is 0.381 e. The Kier molecular flexibility index (Phi) is 5.87. The minimum atomic E-state index is 0.845. The summed E-state index contributed by atoms with van der Waals surface area (Å²) in [7, 11) is 0. The summed E-state index contributed by atoms with van der Waals surface area (Å²) in [5.74, 6) is 0.845. The Bertz CT molecular complexity index is 130. The third-order valence-electron chi connectivity index (χ3n) is 2.54. The Morgan fingerprint density at radius 3 is 2.85 bits per heavy atom. The van der Waals surface area contributed by atoms with Crippen molar-refractivity contribution in [2.45, 2.75) is 25.7 Å². The van der Waals surface area contributed by atoms with E-state index in [9.17, 15) is 0 Å². The number of ether oxygens (including phenoxy) is 1. The fraction of sp³-hybridized carbons (Fsp3) is 0.818. The highest BCUT2D eigenvalue weighted by molar-refractivity contribution is 4.68. The molecule has 1 heterocycles. The van der Waals surface area contributed by atoms with Crippen molar-refractivity contribution in [1.29, 1.82) is 0 Å². The van der Waals surface area contributed by atoms with Gasteiger partial charge in [0.1, 0.15) is 0 Å². The number of hydrogen-bond acceptors (Lipinski definition) is 2. The van der Waals surface area contributed by atoms with Crippen LogP contribution in [0, 0.1) is 5.92 Å². The average Bonchev–Trinajstić information content (AvgIpc) is 2.19. The van der Waals surface area contributed by atoms with Crippen LogP contribution in [0.3, 0.4) is 0 Å². The predicted molar refractivity (Wildman–Crippen MR) is 55.8 cm³/mol. The molecule has 1 rings (SSSR count). The highest BCUT2D eigenvalue weighted by Crippen LogP contribution is 2.12. The number of rotatable bonds is 6. The van der Waals surface area contributed by atoms with E-state index in [0.717, 1.165) is 32.1 Å². The van der Waals surface area contributed by atoms with E-state index in [1.165, 1.54) is 25.8 Å². The molecule has 0 radical (unpaired) electrons. The first kappa shape index (κ1) is 10.7. The Morgan fingerprint density at radius 2 is 2.15 bits per heavy atom. The van der Waals surface area contributed by atoms with Crippen LogP contribution in [-0.4, -0.2) is 26.3 Å². The molecule has 0 unspecified atom stereocenters. The van der Waals surface area contributed by atoms with Crippen LogP contribution in [-0.2, 0) is 4.74 Å². The van der Waals surface area contributed by atoms with Crippen molar-refractivity contribution in [2.75, 3.05) is 26.3 Å². The van der Waals surface area contributed by atoms with Crippen LogP contribution in [0.4, 0.5) is 0 Å². The van der Waals surface area contributed by atoms with Crippen molar-refractivity contribution in [2.24, 2.45) is 5.92 Å². The molecule has 0 atom stereocenters. The van der Waals surface area contributed by atoms with Gasteiger partial charge in [0.15, 0.2) is 0 Å². The first-order valence-corrected chi connectivity index (χ1v) is 5.33. The molecule has 1 N–H and O–H groups in total. The Morgan fingerprint density at radius 1 is 1.38 bits per heavy atom. The summed E-state index contributed by atoms with van der Waals surface area (Å²) in [6, 6.07) is 0. The lowest BCUT2D eigenvalue weighted by Gasteiger charge is -2.22. The van der Waals surface area contributed by atoms with E-state index in [1.807, 2.05) is 6.08 Å². The zero-order chi connectivity index (χ0) is 9.36. The molecule has 76 valence electrons. The Balaban J connectivity index is 1.89. The van der Waals surface area contributed by atoms with E-state index < -0.39 is 0 Å². The molecule has 1 saturated heterocycles. The van der Waals surface area contributed by atoms with E-state index in [2.05, 4.69) is 11.9 Å². The smallest absolute Gasteiger partial charge is 0.0469 e. The second kappa shape index (κ2) is 7.10. The van der Waals surface area contributed by atoms with Crippen LogP contribution in [0.2, 0.25) is 0 Å². The lowest BCUT2D eigenvalue weighted by Crippen LogP contribution is -2.28. The van der Waals surface area contributed by atoms with Gasteiger partial charge in [0, 0.05) is 13.2 Å². The summed E-state index contributed by atoms with van der Waals surface area (Å²) in [5, 5.41) is 3.49. The van der Waals surface area contributed by atoms with Gasteiger partial charge in [-0.15, -0.1) is 6.58 Å². The summed E-state index contributed by atoms with van der Waals surface area (Å²) >= 11 is 0. The molecule has 1 fully saturated rings.